The molecule has 1 fully saturated rings. The van der Waals surface area contributed by atoms with Gasteiger partial charge in [0.2, 0.25) is 0 Å². The maximum absolute atomic E-state index is 4.94. The lowest BCUT2D eigenvalue weighted by Gasteiger charge is -2.26. The number of nitrogens with one attached hydrogen (secondary N) is 1. The molecule has 2 rings (SSSR count). The fourth-order valence-electron chi connectivity index (χ4n) is 2.75. The molecule has 0 saturated heterocycles. The van der Waals surface area contributed by atoms with Gasteiger partial charge < -0.3 is 10.2 Å². The molecule has 118 valence electrons. The van der Waals surface area contributed by atoms with Gasteiger partial charge in [-0.25, -0.2) is 4.98 Å². The fourth-order valence-corrected chi connectivity index (χ4v) is 2.75. The third-order valence-electron chi connectivity index (χ3n) is 3.85. The van der Waals surface area contributed by atoms with Crippen molar-refractivity contribution in [3.8, 4) is 0 Å². The van der Waals surface area contributed by atoms with E-state index in [0.29, 0.717) is 5.92 Å². The predicted octanol–water partition coefficient (Wildman–Crippen LogP) is 3.77. The first-order valence-corrected chi connectivity index (χ1v) is 8.61. The van der Waals surface area contributed by atoms with E-state index in [4.69, 9.17) is 4.98 Å². The highest BCUT2D eigenvalue weighted by atomic mass is 15.2. The minimum Gasteiger partial charge on any atom is -0.353 e. The number of hydrogen-bond donors (Lipinski definition) is 1. The van der Waals surface area contributed by atoms with E-state index in [9.17, 15) is 0 Å². The normalized spacial score (nSPS) is 14.7. The van der Waals surface area contributed by atoms with E-state index < -0.39 is 0 Å². The van der Waals surface area contributed by atoms with Crippen LogP contribution in [0.5, 0.6) is 0 Å². The second-order valence-corrected chi connectivity index (χ2v) is 6.63. The highest BCUT2D eigenvalue weighted by molar-refractivity contribution is 5.45. The van der Waals surface area contributed by atoms with Crippen molar-refractivity contribution in [1.82, 2.24) is 10.3 Å². The van der Waals surface area contributed by atoms with Crippen molar-refractivity contribution in [3.63, 3.8) is 0 Å². The molecule has 1 aliphatic carbocycles. The summed E-state index contributed by atoms with van der Waals surface area (Å²) in [6.07, 6.45) is 4.89. The summed E-state index contributed by atoms with van der Waals surface area (Å²) in [6, 6.07) is 5.29. The Morgan fingerprint density at radius 1 is 1.29 bits per heavy atom. The Kier molecular flexibility index (Phi) is 6.04. The van der Waals surface area contributed by atoms with Gasteiger partial charge in [-0.05, 0) is 49.4 Å². The highest BCUT2D eigenvalue weighted by Gasteiger charge is 2.30. The topological polar surface area (TPSA) is 28.2 Å². The Hall–Kier alpha value is -1.09. The lowest BCUT2D eigenvalue weighted by atomic mass is 10.1. The van der Waals surface area contributed by atoms with Crippen LogP contribution in [0.15, 0.2) is 12.1 Å². The molecule has 0 bridgehead atoms. The zero-order valence-electron chi connectivity index (χ0n) is 14.2. The van der Waals surface area contributed by atoms with E-state index in [2.05, 4.69) is 50.0 Å². The summed E-state index contributed by atoms with van der Waals surface area (Å²) >= 11 is 0. The summed E-state index contributed by atoms with van der Waals surface area (Å²) in [6.45, 7) is 12.1. The van der Waals surface area contributed by atoms with E-state index in [0.717, 1.165) is 38.5 Å². The number of hydrogen-bond acceptors (Lipinski definition) is 3. The molecular weight excluding hydrogens is 258 g/mol. The molecule has 0 unspecified atom stereocenters. The lowest BCUT2D eigenvalue weighted by Crippen LogP contribution is -2.31. The van der Waals surface area contributed by atoms with Crippen LogP contribution in [0.25, 0.3) is 0 Å². The van der Waals surface area contributed by atoms with Gasteiger partial charge in [-0.1, -0.05) is 34.1 Å². The van der Waals surface area contributed by atoms with Gasteiger partial charge in [0.15, 0.2) is 0 Å². The smallest absolute Gasteiger partial charge is 0.129 e. The lowest BCUT2D eigenvalue weighted by molar-refractivity contribution is 0.601. The van der Waals surface area contributed by atoms with Crippen LogP contribution in [-0.4, -0.2) is 24.1 Å². The molecule has 1 aliphatic rings. The van der Waals surface area contributed by atoms with Crippen LogP contribution in [0.3, 0.4) is 0 Å². The van der Waals surface area contributed by atoms with Crippen molar-refractivity contribution in [2.45, 2.75) is 66.0 Å². The SMILES string of the molecule is CCCc1cc(CNCC)cc(N(CC(C)C)C2CC2)n1. The Morgan fingerprint density at radius 2 is 2.05 bits per heavy atom. The molecule has 1 saturated carbocycles. The number of aromatic nitrogens is 1. The first-order valence-electron chi connectivity index (χ1n) is 8.61. The third kappa shape index (κ3) is 4.99. The molecule has 1 N–H and O–H groups in total. The summed E-state index contributed by atoms with van der Waals surface area (Å²) in [5, 5.41) is 3.44. The molecule has 21 heavy (non-hydrogen) atoms. The van der Waals surface area contributed by atoms with Gasteiger partial charge >= 0.3 is 0 Å². The summed E-state index contributed by atoms with van der Waals surface area (Å²) in [5.41, 5.74) is 2.62. The molecule has 0 amide bonds. The van der Waals surface area contributed by atoms with E-state index in [1.54, 1.807) is 0 Å². The van der Waals surface area contributed by atoms with Crippen LogP contribution in [0.4, 0.5) is 5.82 Å². The van der Waals surface area contributed by atoms with E-state index in [-0.39, 0.29) is 0 Å². The Labute approximate surface area is 130 Å². The largest absolute Gasteiger partial charge is 0.353 e. The van der Waals surface area contributed by atoms with Crippen molar-refractivity contribution in [3.05, 3.63) is 23.4 Å². The summed E-state index contributed by atoms with van der Waals surface area (Å²) in [5.74, 6) is 1.88. The summed E-state index contributed by atoms with van der Waals surface area (Å²) in [4.78, 5) is 7.48. The van der Waals surface area contributed by atoms with Gasteiger partial charge in [0, 0.05) is 24.8 Å². The van der Waals surface area contributed by atoms with Crippen molar-refractivity contribution >= 4 is 5.82 Å². The standard InChI is InChI=1S/C18H31N3/c1-5-7-16-10-15(12-19-6-2)11-18(20-16)21(13-14(3)4)17-8-9-17/h10-11,14,17,19H,5-9,12-13H2,1-4H3. The average molecular weight is 289 g/mol. The third-order valence-corrected chi connectivity index (χ3v) is 3.85. The van der Waals surface area contributed by atoms with Gasteiger partial charge in [0.25, 0.3) is 0 Å². The maximum Gasteiger partial charge on any atom is 0.129 e. The quantitative estimate of drug-likeness (QED) is 0.750. The zero-order chi connectivity index (χ0) is 15.2. The number of pyridine rings is 1. The Bertz CT molecular complexity index is 438. The second-order valence-electron chi connectivity index (χ2n) is 6.63. The van der Waals surface area contributed by atoms with Gasteiger partial charge in [-0.2, -0.15) is 0 Å². The Balaban J connectivity index is 2.23. The van der Waals surface area contributed by atoms with Crippen LogP contribution < -0.4 is 10.2 Å². The van der Waals surface area contributed by atoms with Gasteiger partial charge in [0.1, 0.15) is 5.82 Å². The zero-order valence-corrected chi connectivity index (χ0v) is 14.2. The molecule has 0 atom stereocenters. The molecule has 3 nitrogen and oxygen atoms in total. The molecule has 3 heteroatoms. The molecule has 0 aliphatic heterocycles. The van der Waals surface area contributed by atoms with E-state index in [1.807, 2.05) is 0 Å². The van der Waals surface area contributed by atoms with Crippen LogP contribution in [0.2, 0.25) is 0 Å². The predicted molar refractivity (Wildman–Crippen MR) is 90.8 cm³/mol. The minimum atomic E-state index is 0.680. The molecule has 1 heterocycles. The van der Waals surface area contributed by atoms with E-state index in [1.165, 1.54) is 29.9 Å². The molecular formula is C18H31N3. The first-order chi connectivity index (χ1) is 10.1. The molecule has 1 aromatic rings. The van der Waals surface area contributed by atoms with Crippen molar-refractivity contribution in [2.75, 3.05) is 18.0 Å². The van der Waals surface area contributed by atoms with Gasteiger partial charge in [-0.15, -0.1) is 0 Å². The number of rotatable bonds is 9. The van der Waals surface area contributed by atoms with Gasteiger partial charge in [-0.3, -0.25) is 0 Å². The molecule has 0 radical (unpaired) electrons. The minimum absolute atomic E-state index is 0.680. The van der Waals surface area contributed by atoms with Crippen LogP contribution in [0.1, 0.15) is 58.2 Å². The van der Waals surface area contributed by atoms with Crippen LogP contribution in [0, 0.1) is 5.92 Å². The van der Waals surface area contributed by atoms with Crippen LogP contribution >= 0.6 is 0 Å². The Morgan fingerprint density at radius 3 is 2.62 bits per heavy atom. The van der Waals surface area contributed by atoms with Crippen LogP contribution in [-0.2, 0) is 13.0 Å². The second kappa shape index (κ2) is 7.79. The number of anilines is 1. The number of aryl methyl sites for hydroxylation is 1. The molecule has 0 spiro atoms. The molecule has 1 aromatic heterocycles. The average Bonchev–Trinajstić information content (AvgIpc) is 3.27. The van der Waals surface area contributed by atoms with Gasteiger partial charge in [0.05, 0.1) is 0 Å². The molecule has 0 aromatic carbocycles. The first kappa shape index (κ1) is 16.3. The summed E-state index contributed by atoms with van der Waals surface area (Å²) in [7, 11) is 0. The fraction of sp³-hybridized carbons (Fsp3) is 0.722. The maximum atomic E-state index is 4.94. The monoisotopic (exact) mass is 289 g/mol. The highest BCUT2D eigenvalue weighted by Crippen LogP contribution is 2.32. The van der Waals surface area contributed by atoms with Crippen molar-refractivity contribution in [2.24, 2.45) is 5.92 Å². The van der Waals surface area contributed by atoms with Crippen molar-refractivity contribution < 1.29 is 0 Å². The summed E-state index contributed by atoms with van der Waals surface area (Å²) < 4.78 is 0. The van der Waals surface area contributed by atoms with E-state index >= 15 is 0 Å². The van der Waals surface area contributed by atoms with Crippen molar-refractivity contribution in [1.29, 1.82) is 0 Å². The number of nitrogens with zero attached hydrogens (tertiary/aromatic N) is 2.